The van der Waals surface area contributed by atoms with Crippen LogP contribution in [0, 0.1) is 0 Å². The zero-order valence-electron chi connectivity index (χ0n) is 27.7. The van der Waals surface area contributed by atoms with Gasteiger partial charge in [-0.3, -0.25) is 0 Å². The minimum Gasteiger partial charge on any atom is -0.308 e. The summed E-state index contributed by atoms with van der Waals surface area (Å²) >= 11 is 3.75. The molecular weight excluding hydrogens is 655 g/mol. The maximum absolute atomic E-state index is 2.50. The Morgan fingerprint density at radius 1 is 0.333 bits per heavy atom. The largest absolute Gasteiger partial charge is 0.308 e. The minimum atomic E-state index is 1.13. The molecule has 0 radical (unpaired) electrons. The lowest BCUT2D eigenvalue weighted by molar-refractivity contribution is 1.32. The molecule has 0 unspecified atom stereocenters. The van der Waals surface area contributed by atoms with Gasteiger partial charge < -0.3 is 4.90 Å². The molecule has 51 heavy (non-hydrogen) atoms. The number of hydrogen-bond donors (Lipinski definition) is 0. The van der Waals surface area contributed by atoms with Crippen molar-refractivity contribution < 1.29 is 0 Å². The molecule has 0 saturated carbocycles. The second kappa shape index (κ2) is 12.4. The second-order valence-electron chi connectivity index (χ2n) is 12.9. The van der Waals surface area contributed by atoms with Gasteiger partial charge in [-0.05, 0) is 81.9 Å². The average Bonchev–Trinajstić information content (AvgIpc) is 3.79. The summed E-state index contributed by atoms with van der Waals surface area (Å²) < 4.78 is 5.18. The van der Waals surface area contributed by atoms with E-state index in [-0.39, 0.29) is 0 Å². The molecule has 1 nitrogen and oxygen atoms in total. The third-order valence-corrected chi connectivity index (χ3v) is 12.2. The van der Waals surface area contributed by atoms with Crippen LogP contribution in [0.15, 0.2) is 188 Å². The van der Waals surface area contributed by atoms with Crippen LogP contribution >= 0.6 is 22.7 Å². The van der Waals surface area contributed by atoms with Gasteiger partial charge in [-0.1, -0.05) is 140 Å². The summed E-state index contributed by atoms with van der Waals surface area (Å²) in [6.45, 7) is 0. The van der Waals surface area contributed by atoms with Crippen molar-refractivity contribution in [2.45, 2.75) is 0 Å². The van der Waals surface area contributed by atoms with Crippen molar-refractivity contribution >= 4 is 80.1 Å². The number of thiophene rings is 2. The van der Waals surface area contributed by atoms with E-state index in [4.69, 9.17) is 0 Å². The highest BCUT2D eigenvalue weighted by atomic mass is 32.1. The van der Waals surface area contributed by atoms with E-state index in [9.17, 15) is 0 Å². The highest BCUT2D eigenvalue weighted by molar-refractivity contribution is 7.26. The van der Waals surface area contributed by atoms with Gasteiger partial charge in [0.1, 0.15) is 0 Å². The quantitative estimate of drug-likeness (QED) is 0.168. The first-order valence-corrected chi connectivity index (χ1v) is 18.9. The van der Waals surface area contributed by atoms with E-state index in [2.05, 4.69) is 193 Å². The summed E-state index contributed by atoms with van der Waals surface area (Å²) in [6.07, 6.45) is 0. The van der Waals surface area contributed by atoms with Crippen LogP contribution in [0.3, 0.4) is 0 Å². The zero-order valence-corrected chi connectivity index (χ0v) is 29.3. The van der Waals surface area contributed by atoms with Crippen LogP contribution in [0.5, 0.6) is 0 Å². The van der Waals surface area contributed by atoms with E-state index in [1.165, 1.54) is 85.1 Å². The zero-order chi connectivity index (χ0) is 33.7. The van der Waals surface area contributed by atoms with Gasteiger partial charge in [-0.25, -0.2) is 0 Å². The lowest BCUT2D eigenvalue weighted by Crippen LogP contribution is -2.10. The van der Waals surface area contributed by atoms with Gasteiger partial charge >= 0.3 is 0 Å². The Bertz CT molecular complexity index is 2850. The predicted molar refractivity (Wildman–Crippen MR) is 223 cm³/mol. The van der Waals surface area contributed by atoms with E-state index in [1.54, 1.807) is 0 Å². The Kier molecular flexibility index (Phi) is 7.26. The summed E-state index contributed by atoms with van der Waals surface area (Å²) in [5.74, 6) is 0. The molecule has 0 N–H and O–H groups in total. The molecule has 0 aliphatic heterocycles. The maximum Gasteiger partial charge on any atom is 0.0641 e. The minimum absolute atomic E-state index is 1.13. The fourth-order valence-corrected chi connectivity index (χ4v) is 9.87. The summed E-state index contributed by atoms with van der Waals surface area (Å²) in [4.78, 5) is 2.50. The predicted octanol–water partition coefficient (Wildman–Crippen LogP) is 14.9. The fraction of sp³-hybridized carbons (Fsp3) is 0. The van der Waals surface area contributed by atoms with E-state index >= 15 is 0 Å². The van der Waals surface area contributed by atoms with E-state index < -0.39 is 0 Å². The lowest BCUT2D eigenvalue weighted by atomic mass is 9.97. The number of anilines is 3. The molecule has 0 amide bonds. The van der Waals surface area contributed by atoms with Crippen LogP contribution in [0.25, 0.3) is 73.7 Å². The number of rotatable bonds is 6. The maximum atomic E-state index is 2.50. The Balaban J connectivity index is 1.21. The third-order valence-electron chi connectivity index (χ3n) is 9.88. The van der Waals surface area contributed by atoms with Gasteiger partial charge in [0.05, 0.1) is 16.1 Å². The second-order valence-corrected chi connectivity index (χ2v) is 15.0. The molecule has 8 aromatic carbocycles. The molecule has 10 aromatic rings. The molecule has 0 bridgehead atoms. The summed E-state index contributed by atoms with van der Waals surface area (Å²) in [5, 5.41) is 5.19. The number of benzene rings is 8. The molecule has 10 rings (SSSR count). The van der Waals surface area contributed by atoms with E-state index in [1.807, 2.05) is 22.7 Å². The third kappa shape index (κ3) is 5.13. The Labute approximate surface area is 304 Å². The topological polar surface area (TPSA) is 3.24 Å². The van der Waals surface area contributed by atoms with Crippen LogP contribution in [-0.4, -0.2) is 0 Å². The SMILES string of the molecule is c1ccc(-c2cccc(-c3ccc(N(c4ccc(-c5ccccc5)c5c4sc4ccccc45)c4cccc5sc6ccccc6c45)cc3)c2)cc1. The average molecular weight is 686 g/mol. The van der Waals surface area contributed by atoms with Gasteiger partial charge in [0.25, 0.3) is 0 Å². The Hall–Kier alpha value is -6.00. The smallest absolute Gasteiger partial charge is 0.0641 e. The molecule has 2 heterocycles. The summed E-state index contributed by atoms with van der Waals surface area (Å²) in [5.41, 5.74) is 10.9. The molecule has 0 atom stereocenters. The standard InChI is InChI=1S/C48H31NS2/c1-3-13-32(14-4-1)35-17-11-18-36(31-35)33-25-27-37(28-26-33)49(41-21-12-24-45-47(41)40-20-8-9-22-43(40)50-45)42-30-29-38(34-15-5-2-6-16-34)46-39-19-7-10-23-44(39)51-48(42)46/h1-31H. The molecular formula is C48H31NS2. The Morgan fingerprint density at radius 2 is 0.882 bits per heavy atom. The highest BCUT2D eigenvalue weighted by Crippen LogP contribution is 2.51. The van der Waals surface area contributed by atoms with Crippen LogP contribution in [0.1, 0.15) is 0 Å². The van der Waals surface area contributed by atoms with Gasteiger partial charge in [0.15, 0.2) is 0 Å². The molecule has 2 aromatic heterocycles. The van der Waals surface area contributed by atoms with Crippen molar-refractivity contribution in [1.29, 1.82) is 0 Å². The van der Waals surface area contributed by atoms with Crippen LogP contribution in [0.4, 0.5) is 17.1 Å². The summed E-state index contributed by atoms with van der Waals surface area (Å²) in [6, 6.07) is 68.5. The normalized spacial score (nSPS) is 11.5. The van der Waals surface area contributed by atoms with Crippen molar-refractivity contribution in [2.24, 2.45) is 0 Å². The van der Waals surface area contributed by atoms with E-state index in [0.717, 1.165) is 5.69 Å². The fourth-order valence-electron chi connectivity index (χ4n) is 7.51. The van der Waals surface area contributed by atoms with Crippen molar-refractivity contribution in [3.8, 4) is 33.4 Å². The van der Waals surface area contributed by atoms with Crippen molar-refractivity contribution in [3.05, 3.63) is 188 Å². The summed E-state index contributed by atoms with van der Waals surface area (Å²) in [7, 11) is 0. The lowest BCUT2D eigenvalue weighted by Gasteiger charge is -2.28. The van der Waals surface area contributed by atoms with Gasteiger partial charge in [0.2, 0.25) is 0 Å². The van der Waals surface area contributed by atoms with Gasteiger partial charge in [0, 0.05) is 41.3 Å². The first-order chi connectivity index (χ1) is 25.3. The highest BCUT2D eigenvalue weighted by Gasteiger charge is 2.23. The number of fused-ring (bicyclic) bond motifs is 6. The van der Waals surface area contributed by atoms with Crippen LogP contribution in [-0.2, 0) is 0 Å². The van der Waals surface area contributed by atoms with Crippen LogP contribution < -0.4 is 4.90 Å². The van der Waals surface area contributed by atoms with Crippen molar-refractivity contribution in [1.82, 2.24) is 0 Å². The van der Waals surface area contributed by atoms with E-state index in [0.29, 0.717) is 0 Å². The number of nitrogens with zero attached hydrogens (tertiary/aromatic N) is 1. The van der Waals surface area contributed by atoms with Crippen molar-refractivity contribution in [2.75, 3.05) is 4.90 Å². The molecule has 0 saturated heterocycles. The molecule has 240 valence electrons. The first-order valence-electron chi connectivity index (χ1n) is 17.3. The van der Waals surface area contributed by atoms with Crippen LogP contribution in [0.2, 0.25) is 0 Å². The van der Waals surface area contributed by atoms with Gasteiger partial charge in [-0.15, -0.1) is 22.7 Å². The molecule has 0 aliphatic rings. The molecule has 0 fully saturated rings. The monoisotopic (exact) mass is 685 g/mol. The van der Waals surface area contributed by atoms with Crippen molar-refractivity contribution in [3.63, 3.8) is 0 Å². The molecule has 3 heteroatoms. The van der Waals surface area contributed by atoms with Gasteiger partial charge in [-0.2, -0.15) is 0 Å². The number of hydrogen-bond acceptors (Lipinski definition) is 3. The molecule has 0 aliphatic carbocycles. The first kappa shape index (κ1) is 29.9. The Morgan fingerprint density at radius 3 is 1.61 bits per heavy atom. The molecule has 0 spiro atoms.